The van der Waals surface area contributed by atoms with Gasteiger partial charge in [-0.05, 0) is 49.2 Å². The van der Waals surface area contributed by atoms with Crippen molar-refractivity contribution in [2.24, 2.45) is 0 Å². The van der Waals surface area contributed by atoms with Gasteiger partial charge in [0, 0.05) is 55.1 Å². The lowest BCUT2D eigenvalue weighted by atomic mass is 10.1. The van der Waals surface area contributed by atoms with Crippen LogP contribution in [-0.2, 0) is 11.3 Å². The van der Waals surface area contributed by atoms with E-state index in [9.17, 15) is 9.59 Å². The van der Waals surface area contributed by atoms with Crippen molar-refractivity contribution in [2.45, 2.75) is 19.9 Å². The summed E-state index contributed by atoms with van der Waals surface area (Å²) in [7, 11) is 1.64. The summed E-state index contributed by atoms with van der Waals surface area (Å²) in [6, 6.07) is 11.0. The van der Waals surface area contributed by atoms with E-state index in [2.05, 4.69) is 20.2 Å². The van der Waals surface area contributed by atoms with Gasteiger partial charge in [0.25, 0.3) is 0 Å². The maximum atomic E-state index is 11.8. The summed E-state index contributed by atoms with van der Waals surface area (Å²) in [6.45, 7) is 4.27. The molecule has 160 valence electrons. The molecular formula is C22H27ClN4O3. The van der Waals surface area contributed by atoms with E-state index in [1.807, 2.05) is 37.3 Å². The highest BCUT2D eigenvalue weighted by Crippen LogP contribution is 2.25. The Hall–Kier alpha value is -2.90. The molecule has 0 radical (unpaired) electrons. The zero-order chi connectivity index (χ0) is 20.6. The van der Waals surface area contributed by atoms with Crippen LogP contribution >= 0.6 is 12.4 Å². The minimum atomic E-state index is -0.115. The topological polar surface area (TPSA) is 87.3 Å². The number of carbonyl (C=O) groups is 1. The summed E-state index contributed by atoms with van der Waals surface area (Å²) in [5.74, 6) is 0.788. The molecule has 3 rings (SSSR count). The van der Waals surface area contributed by atoms with Gasteiger partial charge in [-0.15, -0.1) is 12.4 Å². The van der Waals surface area contributed by atoms with Crippen LogP contribution in [-0.4, -0.2) is 47.5 Å². The highest BCUT2D eigenvalue weighted by atomic mass is 35.5. The average molecular weight is 431 g/mol. The molecule has 2 N–H and O–H groups in total. The van der Waals surface area contributed by atoms with E-state index in [4.69, 9.17) is 4.74 Å². The number of aryl methyl sites for hydroxylation is 1. The Morgan fingerprint density at radius 3 is 2.67 bits per heavy atom. The molecule has 0 bridgehead atoms. The summed E-state index contributed by atoms with van der Waals surface area (Å²) in [5.41, 5.74) is 2.80. The summed E-state index contributed by atoms with van der Waals surface area (Å²) in [5, 5.41) is 3.65. The van der Waals surface area contributed by atoms with Crippen LogP contribution in [0.5, 0.6) is 5.75 Å². The molecule has 0 spiro atoms. The molecule has 1 aromatic carbocycles. The van der Waals surface area contributed by atoms with Gasteiger partial charge in [0.15, 0.2) is 0 Å². The smallest absolute Gasteiger partial charge is 0.248 e. The molecule has 0 saturated heterocycles. The third-order valence-electron chi connectivity index (χ3n) is 4.80. The summed E-state index contributed by atoms with van der Waals surface area (Å²) < 4.78 is 5.98. The monoisotopic (exact) mass is 430 g/mol. The lowest BCUT2D eigenvalue weighted by Gasteiger charge is -2.21. The number of nitrogens with one attached hydrogen (secondary N) is 2. The number of halogens is 1. The van der Waals surface area contributed by atoms with Gasteiger partial charge in [-0.3, -0.25) is 19.5 Å². The van der Waals surface area contributed by atoms with Crippen molar-refractivity contribution in [3.05, 3.63) is 70.3 Å². The van der Waals surface area contributed by atoms with Gasteiger partial charge in [0.2, 0.25) is 11.5 Å². The number of rotatable bonds is 9. The molecule has 30 heavy (non-hydrogen) atoms. The highest BCUT2D eigenvalue weighted by molar-refractivity contribution is 5.85. The zero-order valence-electron chi connectivity index (χ0n) is 17.2. The van der Waals surface area contributed by atoms with Crippen molar-refractivity contribution >= 4 is 29.2 Å². The Morgan fingerprint density at radius 2 is 1.93 bits per heavy atom. The van der Waals surface area contributed by atoms with Crippen LogP contribution in [0.4, 0.5) is 0 Å². The van der Waals surface area contributed by atoms with Crippen LogP contribution < -0.4 is 15.6 Å². The number of amides is 1. The largest absolute Gasteiger partial charge is 0.493 e. The lowest BCUT2D eigenvalue weighted by molar-refractivity contribution is -0.121. The number of aromatic amines is 1. The van der Waals surface area contributed by atoms with Crippen LogP contribution in [0.25, 0.3) is 10.9 Å². The number of hydrogen-bond donors (Lipinski definition) is 2. The van der Waals surface area contributed by atoms with Crippen molar-refractivity contribution in [3.63, 3.8) is 0 Å². The van der Waals surface area contributed by atoms with Crippen molar-refractivity contribution < 1.29 is 9.53 Å². The fourth-order valence-corrected chi connectivity index (χ4v) is 3.23. The average Bonchev–Trinajstić information content (AvgIpc) is 2.73. The second-order valence-corrected chi connectivity index (χ2v) is 6.91. The third-order valence-corrected chi connectivity index (χ3v) is 4.80. The molecule has 1 amide bonds. The Morgan fingerprint density at radius 1 is 1.17 bits per heavy atom. The van der Waals surface area contributed by atoms with Crippen LogP contribution in [0.3, 0.4) is 0 Å². The first-order valence-electron chi connectivity index (χ1n) is 9.64. The first-order valence-corrected chi connectivity index (χ1v) is 9.64. The molecule has 0 atom stereocenters. The first kappa shape index (κ1) is 23.4. The SMILES string of the molecule is CNC(=O)CN(CCCOc1ccc2[nH]c(=O)ccc2c1C)Cc1ccncc1.Cl. The molecule has 0 fully saturated rings. The molecular weight excluding hydrogens is 404 g/mol. The molecule has 8 heteroatoms. The molecule has 7 nitrogen and oxygen atoms in total. The minimum Gasteiger partial charge on any atom is -0.493 e. The molecule has 2 heterocycles. The van der Waals surface area contributed by atoms with Crippen LogP contribution in [0.15, 0.2) is 53.6 Å². The second kappa shape index (κ2) is 11.3. The van der Waals surface area contributed by atoms with Crippen molar-refractivity contribution in [1.29, 1.82) is 0 Å². The number of likely N-dealkylation sites (N-methyl/N-ethyl adjacent to an activating group) is 1. The van der Waals surface area contributed by atoms with E-state index >= 15 is 0 Å². The standard InChI is InChI=1S/C22H26N4O3.ClH/c1-16-18-4-7-21(27)25-19(18)5-6-20(16)29-13-3-12-26(15-22(28)23-2)14-17-8-10-24-11-9-17;/h4-11H,3,12-15H2,1-2H3,(H,23,28)(H,25,27);1H. The number of H-pyrrole nitrogens is 1. The number of benzene rings is 1. The van der Waals surface area contributed by atoms with Gasteiger partial charge < -0.3 is 15.0 Å². The minimum absolute atomic E-state index is 0. The predicted octanol–water partition coefficient (Wildman–Crippen LogP) is 2.67. The van der Waals surface area contributed by atoms with Gasteiger partial charge in [-0.2, -0.15) is 0 Å². The van der Waals surface area contributed by atoms with Crippen molar-refractivity contribution in [3.8, 4) is 5.75 Å². The van der Waals surface area contributed by atoms with E-state index in [0.29, 0.717) is 19.7 Å². The maximum Gasteiger partial charge on any atom is 0.248 e. The lowest BCUT2D eigenvalue weighted by Crippen LogP contribution is -2.36. The van der Waals surface area contributed by atoms with E-state index in [-0.39, 0.29) is 23.9 Å². The van der Waals surface area contributed by atoms with Gasteiger partial charge in [0.1, 0.15) is 5.75 Å². The van der Waals surface area contributed by atoms with Gasteiger partial charge in [-0.1, -0.05) is 0 Å². The highest BCUT2D eigenvalue weighted by Gasteiger charge is 2.11. The molecule has 0 aliphatic carbocycles. The number of carbonyl (C=O) groups excluding carboxylic acids is 1. The Kier molecular flexibility index (Phi) is 8.83. The quantitative estimate of drug-likeness (QED) is 0.509. The summed E-state index contributed by atoms with van der Waals surface area (Å²) in [4.78, 5) is 32.3. The van der Waals surface area contributed by atoms with Crippen LogP contribution in [0.1, 0.15) is 17.5 Å². The first-order chi connectivity index (χ1) is 14.1. The van der Waals surface area contributed by atoms with Crippen molar-refractivity contribution in [1.82, 2.24) is 20.2 Å². The number of fused-ring (bicyclic) bond motifs is 1. The molecule has 0 aliphatic rings. The van der Waals surface area contributed by atoms with Crippen molar-refractivity contribution in [2.75, 3.05) is 26.7 Å². The predicted molar refractivity (Wildman–Crippen MR) is 120 cm³/mol. The molecule has 3 aromatic rings. The van der Waals surface area contributed by atoms with Gasteiger partial charge in [-0.25, -0.2) is 0 Å². The third kappa shape index (κ3) is 6.30. The van der Waals surface area contributed by atoms with E-state index in [1.54, 1.807) is 19.4 Å². The van der Waals surface area contributed by atoms with E-state index in [1.165, 1.54) is 6.07 Å². The second-order valence-electron chi connectivity index (χ2n) is 6.91. The van der Waals surface area contributed by atoms with E-state index in [0.717, 1.165) is 40.7 Å². The van der Waals surface area contributed by atoms with Gasteiger partial charge in [0.05, 0.1) is 13.2 Å². The van der Waals surface area contributed by atoms with Crippen LogP contribution in [0.2, 0.25) is 0 Å². The Balaban J connectivity index is 0.00000320. The number of hydrogen-bond acceptors (Lipinski definition) is 5. The Labute approximate surface area is 181 Å². The van der Waals surface area contributed by atoms with E-state index < -0.39 is 0 Å². The fourth-order valence-electron chi connectivity index (χ4n) is 3.23. The Bertz CT molecular complexity index is 1020. The number of ether oxygens (including phenoxy) is 1. The summed E-state index contributed by atoms with van der Waals surface area (Å²) >= 11 is 0. The number of pyridine rings is 2. The summed E-state index contributed by atoms with van der Waals surface area (Å²) in [6.07, 6.45) is 4.30. The van der Waals surface area contributed by atoms with Gasteiger partial charge >= 0.3 is 0 Å². The zero-order valence-corrected chi connectivity index (χ0v) is 18.0. The van der Waals surface area contributed by atoms with Crippen LogP contribution in [0, 0.1) is 6.92 Å². The maximum absolute atomic E-state index is 11.8. The fraction of sp³-hybridized carbons (Fsp3) is 0.318. The number of nitrogens with zero attached hydrogens (tertiary/aromatic N) is 2. The molecule has 2 aromatic heterocycles. The molecule has 0 saturated carbocycles. The molecule has 0 unspecified atom stereocenters. The number of aromatic nitrogens is 2. The normalized spacial score (nSPS) is 10.6. The molecule has 0 aliphatic heterocycles.